The topological polar surface area (TPSA) is 109 Å². The van der Waals surface area contributed by atoms with Gasteiger partial charge in [-0.15, -0.1) is 0 Å². The second kappa shape index (κ2) is 13.2. The minimum absolute atomic E-state index is 0.0925. The van der Waals surface area contributed by atoms with Crippen molar-refractivity contribution in [3.8, 4) is 11.5 Å². The number of rotatable bonds is 9. The lowest BCUT2D eigenvalue weighted by molar-refractivity contribution is 0.0620. The molecule has 48 heavy (non-hydrogen) atoms. The van der Waals surface area contributed by atoms with E-state index in [4.69, 9.17) is 19.9 Å². The van der Waals surface area contributed by atoms with Crippen LogP contribution in [0, 0.1) is 12.7 Å². The number of aromatic nitrogens is 1. The number of ether oxygens (including phenoxy) is 3. The van der Waals surface area contributed by atoms with E-state index in [0.717, 1.165) is 72.6 Å². The second-order valence-corrected chi connectivity index (χ2v) is 13.1. The molecule has 3 aromatic carbocycles. The van der Waals surface area contributed by atoms with Gasteiger partial charge in [0, 0.05) is 43.1 Å². The monoisotopic (exact) mass is 654 g/mol. The number of H-pyrrole nitrogens is 1. The summed E-state index contributed by atoms with van der Waals surface area (Å²) in [5.41, 5.74) is 8.65. The van der Waals surface area contributed by atoms with Crippen LogP contribution in [0.2, 0.25) is 0 Å². The zero-order valence-corrected chi connectivity index (χ0v) is 27.7. The number of morpholine rings is 1. The van der Waals surface area contributed by atoms with E-state index in [1.165, 1.54) is 18.3 Å². The van der Waals surface area contributed by atoms with Crippen molar-refractivity contribution in [3.63, 3.8) is 0 Å². The number of aryl methyl sites for hydroxylation is 1. The van der Waals surface area contributed by atoms with Gasteiger partial charge in [0.1, 0.15) is 11.9 Å². The van der Waals surface area contributed by atoms with Crippen molar-refractivity contribution in [2.45, 2.75) is 57.5 Å². The number of nitrogens with one attached hydrogen (secondary N) is 1. The Morgan fingerprint density at radius 1 is 1.00 bits per heavy atom. The van der Waals surface area contributed by atoms with E-state index in [0.29, 0.717) is 19.3 Å². The molecule has 4 heterocycles. The molecule has 0 spiro atoms. The standard InChI is InChI=1S/C37H43FN6O4/c1-24(2)42-14-12-27(13-15-42)47-34-21-26-20-30(41-29(26)22-32(34)43-16-18-46-19-17-43)35(45)37(48-33-11-7-5-9-28(33)38)23-40-44(36(37)39)31-10-6-4-8-25(31)3/h4-11,20-24,27,36,41H,12-19,39H2,1-3H3. The molecule has 2 fully saturated rings. The third-order valence-corrected chi connectivity index (χ3v) is 9.71. The molecule has 2 atom stereocenters. The van der Waals surface area contributed by atoms with E-state index < -0.39 is 23.4 Å². The molecule has 2 unspecified atom stereocenters. The maximum absolute atomic E-state index is 15.0. The number of fused-ring (bicyclic) bond motifs is 1. The van der Waals surface area contributed by atoms with E-state index in [9.17, 15) is 4.79 Å². The molecule has 2 saturated heterocycles. The van der Waals surface area contributed by atoms with Crippen molar-refractivity contribution in [1.82, 2.24) is 9.88 Å². The fourth-order valence-corrected chi connectivity index (χ4v) is 6.86. The molecule has 7 rings (SSSR count). The quantitative estimate of drug-likeness (QED) is 0.228. The number of halogens is 1. The number of nitrogens with two attached hydrogens (primary N) is 1. The molecule has 252 valence electrons. The second-order valence-electron chi connectivity index (χ2n) is 13.1. The number of carbonyl (C=O) groups excluding carboxylic acids is 1. The number of hydrogen-bond acceptors (Lipinski definition) is 9. The van der Waals surface area contributed by atoms with Crippen molar-refractivity contribution in [2.75, 3.05) is 49.3 Å². The van der Waals surface area contributed by atoms with E-state index >= 15 is 4.39 Å². The number of benzene rings is 3. The largest absolute Gasteiger partial charge is 0.488 e. The van der Waals surface area contributed by atoms with Gasteiger partial charge in [-0.1, -0.05) is 30.3 Å². The molecule has 1 aromatic heterocycles. The van der Waals surface area contributed by atoms with Gasteiger partial charge >= 0.3 is 0 Å². The van der Waals surface area contributed by atoms with Crippen LogP contribution in [0.25, 0.3) is 10.9 Å². The molecule has 3 aliphatic rings. The zero-order valence-electron chi connectivity index (χ0n) is 27.7. The summed E-state index contributed by atoms with van der Waals surface area (Å²) < 4.78 is 33.6. The lowest BCUT2D eigenvalue weighted by Crippen LogP contribution is -2.61. The van der Waals surface area contributed by atoms with Crippen LogP contribution >= 0.6 is 0 Å². The Bertz CT molecular complexity index is 1810. The van der Waals surface area contributed by atoms with Crippen molar-refractivity contribution in [3.05, 3.63) is 83.8 Å². The molecule has 0 bridgehead atoms. The highest BCUT2D eigenvalue weighted by molar-refractivity contribution is 6.16. The van der Waals surface area contributed by atoms with Gasteiger partial charge in [-0.2, -0.15) is 5.10 Å². The first-order valence-corrected chi connectivity index (χ1v) is 16.8. The van der Waals surface area contributed by atoms with Crippen molar-refractivity contribution in [2.24, 2.45) is 10.8 Å². The number of carbonyl (C=O) groups is 1. The third-order valence-electron chi connectivity index (χ3n) is 9.71. The van der Waals surface area contributed by atoms with Crippen LogP contribution in [0.15, 0.2) is 71.8 Å². The summed E-state index contributed by atoms with van der Waals surface area (Å²) in [5, 5.41) is 6.93. The van der Waals surface area contributed by atoms with Gasteiger partial charge in [0.05, 0.1) is 36.5 Å². The first-order valence-electron chi connectivity index (χ1n) is 16.8. The van der Waals surface area contributed by atoms with E-state index in [1.54, 1.807) is 23.2 Å². The van der Waals surface area contributed by atoms with Gasteiger partial charge in [0.15, 0.2) is 17.7 Å². The maximum atomic E-state index is 15.0. The number of aromatic amines is 1. The number of likely N-dealkylation sites (tertiary alicyclic amines) is 1. The van der Waals surface area contributed by atoms with Crippen LogP contribution in [0.1, 0.15) is 42.7 Å². The lowest BCUT2D eigenvalue weighted by atomic mass is 9.93. The SMILES string of the molecule is Cc1ccccc1N1N=CC(Oc2ccccc2F)(C(=O)c2cc3cc(OC4CCN(C(C)C)CC4)c(N4CCOCC4)cc3[nH]2)C1N. The molecule has 4 aromatic rings. The lowest BCUT2D eigenvalue weighted by Gasteiger charge is -2.36. The Morgan fingerprint density at radius 3 is 2.46 bits per heavy atom. The van der Waals surface area contributed by atoms with E-state index in [2.05, 4.69) is 33.7 Å². The van der Waals surface area contributed by atoms with Gasteiger partial charge in [-0.25, -0.2) is 9.40 Å². The minimum Gasteiger partial charge on any atom is -0.488 e. The van der Waals surface area contributed by atoms with Crippen LogP contribution in [0.5, 0.6) is 11.5 Å². The molecule has 0 aliphatic carbocycles. The predicted molar refractivity (Wildman–Crippen MR) is 186 cm³/mol. The predicted octanol–water partition coefficient (Wildman–Crippen LogP) is 5.49. The number of para-hydroxylation sites is 2. The third kappa shape index (κ3) is 6.02. The number of hydrogen-bond donors (Lipinski definition) is 2. The summed E-state index contributed by atoms with van der Waals surface area (Å²) >= 11 is 0. The number of nitrogens with zero attached hydrogens (tertiary/aromatic N) is 4. The maximum Gasteiger partial charge on any atom is 0.244 e. The van der Waals surface area contributed by atoms with Crippen LogP contribution in [-0.4, -0.2) is 85.2 Å². The average Bonchev–Trinajstić information content (AvgIpc) is 3.66. The first kappa shape index (κ1) is 32.1. The minimum atomic E-state index is -1.83. The number of ketones is 1. The van der Waals surface area contributed by atoms with E-state index in [1.807, 2.05) is 43.3 Å². The summed E-state index contributed by atoms with van der Waals surface area (Å²) in [6, 6.07) is 19.9. The number of hydrazone groups is 1. The molecule has 3 N–H and O–H groups in total. The molecule has 10 nitrogen and oxygen atoms in total. The van der Waals surface area contributed by atoms with Gasteiger partial charge in [0.2, 0.25) is 11.4 Å². The van der Waals surface area contributed by atoms with Gasteiger partial charge in [0.25, 0.3) is 0 Å². The fourth-order valence-electron chi connectivity index (χ4n) is 6.86. The average molecular weight is 655 g/mol. The van der Waals surface area contributed by atoms with Gasteiger partial charge < -0.3 is 34.7 Å². The summed E-state index contributed by atoms with van der Waals surface area (Å²) in [6.45, 7) is 11.1. The highest BCUT2D eigenvalue weighted by Gasteiger charge is 2.54. The number of Topliss-reactive ketones (excluding diaryl/α,β-unsaturated/α-hetero) is 1. The molecule has 0 radical (unpaired) electrons. The summed E-state index contributed by atoms with van der Waals surface area (Å²) in [7, 11) is 0. The van der Waals surface area contributed by atoms with Crippen LogP contribution < -0.4 is 25.1 Å². The first-order chi connectivity index (χ1) is 23.2. The molecular formula is C37H43FN6O4. The Hall–Kier alpha value is -4.45. The van der Waals surface area contributed by atoms with Gasteiger partial charge in [-0.05, 0) is 75.6 Å². The Balaban J connectivity index is 1.25. The Labute approximate surface area is 280 Å². The van der Waals surface area contributed by atoms with Crippen molar-refractivity contribution in [1.29, 1.82) is 0 Å². The van der Waals surface area contributed by atoms with Gasteiger partial charge in [-0.3, -0.25) is 4.79 Å². The Kier molecular flexibility index (Phi) is 8.84. The number of piperidine rings is 1. The molecular weight excluding hydrogens is 611 g/mol. The summed E-state index contributed by atoms with van der Waals surface area (Å²) in [4.78, 5) is 22.7. The summed E-state index contributed by atoms with van der Waals surface area (Å²) in [5.74, 6) is -0.380. The molecule has 0 saturated carbocycles. The molecule has 11 heteroatoms. The van der Waals surface area contributed by atoms with Crippen LogP contribution in [0.4, 0.5) is 15.8 Å². The molecule has 0 amide bonds. The van der Waals surface area contributed by atoms with Crippen molar-refractivity contribution < 1.29 is 23.4 Å². The van der Waals surface area contributed by atoms with Crippen LogP contribution in [0.3, 0.4) is 0 Å². The number of anilines is 2. The van der Waals surface area contributed by atoms with E-state index in [-0.39, 0.29) is 17.5 Å². The summed E-state index contributed by atoms with van der Waals surface area (Å²) in [6.07, 6.45) is 2.29. The fraction of sp³-hybridized carbons (Fsp3) is 0.405. The normalized spacial score (nSPS) is 22.2. The zero-order chi connectivity index (χ0) is 33.4. The van der Waals surface area contributed by atoms with Crippen molar-refractivity contribution >= 4 is 34.3 Å². The molecule has 3 aliphatic heterocycles. The highest BCUT2D eigenvalue weighted by Crippen LogP contribution is 2.38. The Morgan fingerprint density at radius 2 is 1.73 bits per heavy atom. The smallest absolute Gasteiger partial charge is 0.244 e. The highest BCUT2D eigenvalue weighted by atomic mass is 19.1. The van der Waals surface area contributed by atoms with Crippen LogP contribution in [-0.2, 0) is 4.74 Å².